The van der Waals surface area contributed by atoms with Gasteiger partial charge in [0.1, 0.15) is 11.5 Å². The highest BCUT2D eigenvalue weighted by Crippen LogP contribution is 2.30. The Morgan fingerprint density at radius 2 is 1.68 bits per heavy atom. The SMILES string of the molecule is COc1cc(OC)cc(C(=O)CCC2CCCC2)c1. The molecular formula is C16H22O3. The monoisotopic (exact) mass is 262 g/mol. The highest BCUT2D eigenvalue weighted by atomic mass is 16.5. The first-order valence-electron chi connectivity index (χ1n) is 6.99. The first-order valence-corrected chi connectivity index (χ1v) is 6.99. The molecule has 104 valence electrons. The average molecular weight is 262 g/mol. The van der Waals surface area contributed by atoms with E-state index in [9.17, 15) is 4.79 Å². The van der Waals surface area contributed by atoms with Gasteiger partial charge in [0.25, 0.3) is 0 Å². The van der Waals surface area contributed by atoms with Gasteiger partial charge in [0.2, 0.25) is 0 Å². The molecule has 0 amide bonds. The van der Waals surface area contributed by atoms with Crippen molar-refractivity contribution in [3.8, 4) is 11.5 Å². The second-order valence-corrected chi connectivity index (χ2v) is 5.21. The molecule has 0 aliphatic heterocycles. The maximum Gasteiger partial charge on any atom is 0.163 e. The molecule has 0 unspecified atom stereocenters. The fourth-order valence-electron chi connectivity index (χ4n) is 2.75. The van der Waals surface area contributed by atoms with Crippen molar-refractivity contribution in [3.05, 3.63) is 23.8 Å². The Kier molecular flexibility index (Phi) is 4.83. The summed E-state index contributed by atoms with van der Waals surface area (Å²) in [6.07, 6.45) is 6.86. The van der Waals surface area contributed by atoms with Crippen LogP contribution in [0, 0.1) is 5.92 Å². The molecular weight excluding hydrogens is 240 g/mol. The minimum Gasteiger partial charge on any atom is -0.497 e. The zero-order valence-electron chi connectivity index (χ0n) is 11.8. The van der Waals surface area contributed by atoms with Gasteiger partial charge in [0.15, 0.2) is 5.78 Å². The molecule has 1 fully saturated rings. The van der Waals surface area contributed by atoms with Gasteiger partial charge in [0.05, 0.1) is 14.2 Å². The number of methoxy groups -OCH3 is 2. The predicted octanol–water partition coefficient (Wildman–Crippen LogP) is 3.86. The van der Waals surface area contributed by atoms with Crippen LogP contribution in [-0.4, -0.2) is 20.0 Å². The summed E-state index contributed by atoms with van der Waals surface area (Å²) in [6, 6.07) is 5.37. The minimum absolute atomic E-state index is 0.184. The Morgan fingerprint density at radius 1 is 1.11 bits per heavy atom. The maximum absolute atomic E-state index is 12.2. The van der Waals surface area contributed by atoms with Crippen LogP contribution in [0.3, 0.4) is 0 Å². The van der Waals surface area contributed by atoms with Crippen molar-refractivity contribution >= 4 is 5.78 Å². The van der Waals surface area contributed by atoms with Crippen LogP contribution in [0.5, 0.6) is 11.5 Å². The Hall–Kier alpha value is -1.51. The van der Waals surface area contributed by atoms with E-state index in [0.29, 0.717) is 23.5 Å². The second-order valence-electron chi connectivity index (χ2n) is 5.21. The van der Waals surface area contributed by atoms with E-state index < -0.39 is 0 Å². The Labute approximate surface area is 114 Å². The van der Waals surface area contributed by atoms with Crippen molar-refractivity contribution < 1.29 is 14.3 Å². The third-order valence-corrected chi connectivity index (χ3v) is 3.93. The molecule has 0 saturated heterocycles. The van der Waals surface area contributed by atoms with Crippen LogP contribution in [0.1, 0.15) is 48.9 Å². The number of benzene rings is 1. The topological polar surface area (TPSA) is 35.5 Å². The molecule has 1 aliphatic carbocycles. The minimum atomic E-state index is 0.184. The van der Waals surface area contributed by atoms with Crippen molar-refractivity contribution in [1.29, 1.82) is 0 Å². The normalized spacial score (nSPS) is 15.5. The molecule has 0 radical (unpaired) electrons. The van der Waals surface area contributed by atoms with Gasteiger partial charge >= 0.3 is 0 Å². The first kappa shape index (κ1) is 13.9. The number of ether oxygens (including phenoxy) is 2. The summed E-state index contributed by atoms with van der Waals surface area (Å²) >= 11 is 0. The Balaban J connectivity index is 2.00. The van der Waals surface area contributed by atoms with E-state index in [1.165, 1.54) is 25.7 Å². The molecule has 0 N–H and O–H groups in total. The molecule has 3 heteroatoms. The van der Waals surface area contributed by atoms with E-state index in [0.717, 1.165) is 12.3 Å². The summed E-state index contributed by atoms with van der Waals surface area (Å²) in [6.45, 7) is 0. The van der Waals surface area contributed by atoms with E-state index in [1.54, 1.807) is 32.4 Å². The van der Waals surface area contributed by atoms with Crippen molar-refractivity contribution in [1.82, 2.24) is 0 Å². The molecule has 1 aliphatic rings. The molecule has 0 aromatic heterocycles. The summed E-state index contributed by atoms with van der Waals surface area (Å²) < 4.78 is 10.4. The molecule has 1 saturated carbocycles. The number of rotatable bonds is 6. The number of hydrogen-bond acceptors (Lipinski definition) is 3. The van der Waals surface area contributed by atoms with Crippen molar-refractivity contribution in [2.45, 2.75) is 38.5 Å². The van der Waals surface area contributed by atoms with Gasteiger partial charge in [-0.2, -0.15) is 0 Å². The number of Topliss-reactive ketones (excluding diaryl/α,β-unsaturated/α-hetero) is 1. The van der Waals surface area contributed by atoms with Gasteiger partial charge in [-0.05, 0) is 24.5 Å². The zero-order chi connectivity index (χ0) is 13.7. The van der Waals surface area contributed by atoms with Gasteiger partial charge in [-0.25, -0.2) is 0 Å². The predicted molar refractivity (Wildman–Crippen MR) is 75.1 cm³/mol. The van der Waals surface area contributed by atoms with E-state index in [2.05, 4.69) is 0 Å². The molecule has 1 aromatic carbocycles. The van der Waals surface area contributed by atoms with Crippen LogP contribution < -0.4 is 9.47 Å². The van der Waals surface area contributed by atoms with Crippen LogP contribution in [0.25, 0.3) is 0 Å². The summed E-state index contributed by atoms with van der Waals surface area (Å²) in [5, 5.41) is 0. The molecule has 19 heavy (non-hydrogen) atoms. The number of ketones is 1. The van der Waals surface area contributed by atoms with Crippen LogP contribution in [0.4, 0.5) is 0 Å². The highest BCUT2D eigenvalue weighted by Gasteiger charge is 2.17. The molecule has 3 nitrogen and oxygen atoms in total. The molecule has 2 rings (SSSR count). The number of carbonyl (C=O) groups is 1. The van der Waals surface area contributed by atoms with E-state index in [4.69, 9.17) is 9.47 Å². The maximum atomic E-state index is 12.2. The molecule has 0 spiro atoms. The average Bonchev–Trinajstić information content (AvgIpc) is 2.97. The third-order valence-electron chi connectivity index (χ3n) is 3.93. The lowest BCUT2D eigenvalue weighted by Crippen LogP contribution is -2.04. The quantitative estimate of drug-likeness (QED) is 0.730. The lowest BCUT2D eigenvalue weighted by Gasteiger charge is -2.10. The third kappa shape index (κ3) is 3.72. The molecule has 0 bridgehead atoms. The summed E-state index contributed by atoms with van der Waals surface area (Å²) in [4.78, 5) is 12.2. The van der Waals surface area contributed by atoms with Gasteiger partial charge < -0.3 is 9.47 Å². The first-order chi connectivity index (χ1) is 9.22. The summed E-state index contributed by atoms with van der Waals surface area (Å²) in [5.41, 5.74) is 0.689. The van der Waals surface area contributed by atoms with E-state index in [-0.39, 0.29) is 5.78 Å². The van der Waals surface area contributed by atoms with Gasteiger partial charge in [-0.15, -0.1) is 0 Å². The van der Waals surface area contributed by atoms with Crippen LogP contribution in [-0.2, 0) is 0 Å². The van der Waals surface area contributed by atoms with Crippen LogP contribution in [0.15, 0.2) is 18.2 Å². The largest absolute Gasteiger partial charge is 0.497 e. The highest BCUT2D eigenvalue weighted by molar-refractivity contribution is 5.96. The molecule has 1 aromatic rings. The van der Waals surface area contributed by atoms with Gasteiger partial charge in [-0.3, -0.25) is 4.79 Å². The smallest absolute Gasteiger partial charge is 0.163 e. The van der Waals surface area contributed by atoms with Crippen molar-refractivity contribution in [2.24, 2.45) is 5.92 Å². The Bertz CT molecular complexity index is 411. The fraction of sp³-hybridized carbons (Fsp3) is 0.562. The number of hydrogen-bond donors (Lipinski definition) is 0. The van der Waals surface area contributed by atoms with E-state index >= 15 is 0 Å². The summed E-state index contributed by atoms with van der Waals surface area (Å²) in [5.74, 6) is 2.27. The summed E-state index contributed by atoms with van der Waals surface area (Å²) in [7, 11) is 3.20. The fourth-order valence-corrected chi connectivity index (χ4v) is 2.75. The molecule has 0 heterocycles. The number of carbonyl (C=O) groups excluding carboxylic acids is 1. The van der Waals surface area contributed by atoms with Crippen LogP contribution in [0.2, 0.25) is 0 Å². The molecule has 0 atom stereocenters. The van der Waals surface area contributed by atoms with Crippen molar-refractivity contribution in [3.63, 3.8) is 0 Å². The van der Waals surface area contributed by atoms with Gasteiger partial charge in [-0.1, -0.05) is 25.7 Å². The lowest BCUT2D eigenvalue weighted by molar-refractivity contribution is 0.0973. The zero-order valence-corrected chi connectivity index (χ0v) is 11.8. The standard InChI is InChI=1S/C16H22O3/c1-18-14-9-13(10-15(11-14)19-2)16(17)8-7-12-5-3-4-6-12/h9-12H,3-8H2,1-2H3. The second kappa shape index (κ2) is 6.60. The van der Waals surface area contributed by atoms with Crippen LogP contribution >= 0.6 is 0 Å². The van der Waals surface area contributed by atoms with E-state index in [1.807, 2.05) is 0 Å². The van der Waals surface area contributed by atoms with Gasteiger partial charge in [0, 0.05) is 18.1 Å². The Morgan fingerprint density at radius 3 is 2.21 bits per heavy atom. The van der Waals surface area contributed by atoms with Crippen molar-refractivity contribution in [2.75, 3.05) is 14.2 Å². The lowest BCUT2D eigenvalue weighted by atomic mass is 9.97.